The van der Waals surface area contributed by atoms with Crippen molar-refractivity contribution in [2.45, 2.75) is 12.8 Å². The summed E-state index contributed by atoms with van der Waals surface area (Å²) in [6, 6.07) is 17.6. The van der Waals surface area contributed by atoms with E-state index in [1.165, 1.54) is 7.11 Å². The maximum atomic E-state index is 11.7. The Morgan fingerprint density at radius 2 is 1.82 bits per heavy atom. The molecule has 114 valence electrons. The molecule has 1 unspecified atom stereocenters. The van der Waals surface area contributed by atoms with Gasteiger partial charge in [-0.05, 0) is 29.2 Å². The molecule has 0 amide bonds. The molecule has 3 heteroatoms. The zero-order valence-corrected chi connectivity index (χ0v) is 12.8. The second kappa shape index (κ2) is 7.57. The van der Waals surface area contributed by atoms with E-state index in [9.17, 15) is 9.90 Å². The standard InChI is InChI=1S/C19H20O3/c1-14(19(21)22-2)16-9-6-10-17(13-16)18(11-12-20)15-7-4-3-5-8-15/h3-11,13-14,20H,12H2,1-2H3. The predicted octanol–water partition coefficient (Wildman–Crippen LogP) is 3.39. The number of aliphatic hydroxyl groups excluding tert-OH is 1. The molecule has 1 N–H and O–H groups in total. The highest BCUT2D eigenvalue weighted by atomic mass is 16.5. The van der Waals surface area contributed by atoms with E-state index in [2.05, 4.69) is 0 Å². The van der Waals surface area contributed by atoms with E-state index in [1.807, 2.05) is 61.5 Å². The highest BCUT2D eigenvalue weighted by molar-refractivity contribution is 5.82. The minimum Gasteiger partial charge on any atom is -0.469 e. The van der Waals surface area contributed by atoms with E-state index in [4.69, 9.17) is 4.74 Å². The van der Waals surface area contributed by atoms with Gasteiger partial charge in [0.2, 0.25) is 0 Å². The molecule has 2 aromatic rings. The number of rotatable bonds is 5. The lowest BCUT2D eigenvalue weighted by Gasteiger charge is -2.13. The average Bonchev–Trinajstić information content (AvgIpc) is 2.59. The van der Waals surface area contributed by atoms with E-state index >= 15 is 0 Å². The Balaban J connectivity index is 2.42. The molecular weight excluding hydrogens is 276 g/mol. The molecule has 0 spiro atoms. The molecule has 0 fully saturated rings. The van der Waals surface area contributed by atoms with Gasteiger partial charge in [0.1, 0.15) is 0 Å². The van der Waals surface area contributed by atoms with E-state index < -0.39 is 0 Å². The van der Waals surface area contributed by atoms with Gasteiger partial charge in [-0.2, -0.15) is 0 Å². The fourth-order valence-corrected chi connectivity index (χ4v) is 2.40. The minimum atomic E-state index is -0.323. The molecule has 2 rings (SSSR count). The van der Waals surface area contributed by atoms with Crippen LogP contribution in [0.15, 0.2) is 60.7 Å². The van der Waals surface area contributed by atoms with E-state index in [1.54, 1.807) is 6.08 Å². The molecule has 3 nitrogen and oxygen atoms in total. The van der Waals surface area contributed by atoms with Crippen molar-refractivity contribution in [3.63, 3.8) is 0 Å². The summed E-state index contributed by atoms with van der Waals surface area (Å²) in [4.78, 5) is 11.7. The first-order valence-corrected chi connectivity index (χ1v) is 7.22. The largest absolute Gasteiger partial charge is 0.469 e. The van der Waals surface area contributed by atoms with Crippen LogP contribution in [-0.4, -0.2) is 24.8 Å². The van der Waals surface area contributed by atoms with Crippen molar-refractivity contribution < 1.29 is 14.6 Å². The average molecular weight is 296 g/mol. The third-order valence-electron chi connectivity index (χ3n) is 3.63. The van der Waals surface area contributed by atoms with Crippen molar-refractivity contribution in [2.24, 2.45) is 0 Å². The first-order valence-electron chi connectivity index (χ1n) is 7.22. The SMILES string of the molecule is COC(=O)C(C)c1cccc(C(=CCO)c2ccccc2)c1. The van der Waals surface area contributed by atoms with Crippen molar-refractivity contribution in [3.05, 3.63) is 77.4 Å². The summed E-state index contributed by atoms with van der Waals surface area (Å²) in [5.74, 6) is -0.583. The van der Waals surface area contributed by atoms with Crippen molar-refractivity contribution >= 4 is 11.5 Å². The van der Waals surface area contributed by atoms with E-state index in [-0.39, 0.29) is 18.5 Å². The number of ether oxygens (including phenoxy) is 1. The lowest BCUT2D eigenvalue weighted by atomic mass is 9.93. The highest BCUT2D eigenvalue weighted by Gasteiger charge is 2.16. The molecule has 0 bridgehead atoms. The molecule has 0 aromatic heterocycles. The van der Waals surface area contributed by atoms with Crippen molar-refractivity contribution in [1.82, 2.24) is 0 Å². The van der Waals surface area contributed by atoms with Crippen LogP contribution in [0.25, 0.3) is 5.57 Å². The lowest BCUT2D eigenvalue weighted by molar-refractivity contribution is -0.141. The van der Waals surface area contributed by atoms with Gasteiger partial charge >= 0.3 is 5.97 Å². The third-order valence-corrected chi connectivity index (χ3v) is 3.63. The molecule has 22 heavy (non-hydrogen) atoms. The normalized spacial score (nSPS) is 12.8. The van der Waals surface area contributed by atoms with Crippen LogP contribution in [0, 0.1) is 0 Å². The zero-order chi connectivity index (χ0) is 15.9. The third kappa shape index (κ3) is 3.62. The lowest BCUT2D eigenvalue weighted by Crippen LogP contribution is -2.10. The summed E-state index contributed by atoms with van der Waals surface area (Å²) in [7, 11) is 1.39. The second-order valence-corrected chi connectivity index (χ2v) is 5.04. The van der Waals surface area contributed by atoms with Crippen molar-refractivity contribution in [1.29, 1.82) is 0 Å². The Morgan fingerprint density at radius 3 is 2.45 bits per heavy atom. The number of hydrogen-bond donors (Lipinski definition) is 1. The zero-order valence-electron chi connectivity index (χ0n) is 12.8. The summed E-state index contributed by atoms with van der Waals surface area (Å²) in [6.07, 6.45) is 1.78. The first kappa shape index (κ1) is 16.0. The molecule has 0 aliphatic carbocycles. The fraction of sp³-hybridized carbons (Fsp3) is 0.211. The van der Waals surface area contributed by atoms with Crippen molar-refractivity contribution in [2.75, 3.05) is 13.7 Å². The van der Waals surface area contributed by atoms with Crippen LogP contribution in [0.3, 0.4) is 0 Å². The fourth-order valence-electron chi connectivity index (χ4n) is 2.40. The van der Waals surface area contributed by atoms with Crippen LogP contribution in [-0.2, 0) is 9.53 Å². The van der Waals surface area contributed by atoms with Crippen LogP contribution in [0.5, 0.6) is 0 Å². The predicted molar refractivity (Wildman–Crippen MR) is 87.5 cm³/mol. The topological polar surface area (TPSA) is 46.5 Å². The summed E-state index contributed by atoms with van der Waals surface area (Å²) < 4.78 is 4.81. The number of carbonyl (C=O) groups excluding carboxylic acids is 1. The second-order valence-electron chi connectivity index (χ2n) is 5.04. The molecule has 0 saturated heterocycles. The Labute approximate surface area is 130 Å². The van der Waals surface area contributed by atoms with Crippen molar-refractivity contribution in [3.8, 4) is 0 Å². The summed E-state index contributed by atoms with van der Waals surface area (Å²) >= 11 is 0. The Hall–Kier alpha value is -2.39. The summed E-state index contributed by atoms with van der Waals surface area (Å²) in [5.41, 5.74) is 3.83. The van der Waals surface area contributed by atoms with Crippen LogP contribution in [0.4, 0.5) is 0 Å². The number of hydrogen-bond acceptors (Lipinski definition) is 3. The molecular formula is C19H20O3. The van der Waals surface area contributed by atoms with Crippen LogP contribution >= 0.6 is 0 Å². The van der Waals surface area contributed by atoms with Gasteiger partial charge in [-0.3, -0.25) is 4.79 Å². The van der Waals surface area contributed by atoms with E-state index in [0.29, 0.717) is 0 Å². The molecule has 0 heterocycles. The Bertz CT molecular complexity index is 659. The van der Waals surface area contributed by atoms with Gasteiger partial charge in [0.15, 0.2) is 0 Å². The van der Waals surface area contributed by atoms with Gasteiger partial charge < -0.3 is 9.84 Å². The molecule has 0 aliphatic rings. The first-order chi connectivity index (χ1) is 10.7. The van der Waals surface area contributed by atoms with Gasteiger partial charge in [0, 0.05) is 0 Å². The monoisotopic (exact) mass is 296 g/mol. The summed E-state index contributed by atoms with van der Waals surface area (Å²) in [6.45, 7) is 1.78. The van der Waals surface area contributed by atoms with Crippen LogP contribution in [0.2, 0.25) is 0 Å². The maximum Gasteiger partial charge on any atom is 0.312 e. The van der Waals surface area contributed by atoms with Crippen LogP contribution < -0.4 is 0 Å². The number of methoxy groups -OCH3 is 1. The highest BCUT2D eigenvalue weighted by Crippen LogP contribution is 2.26. The Kier molecular flexibility index (Phi) is 5.50. The molecule has 1 atom stereocenters. The number of esters is 1. The van der Waals surface area contributed by atoms with Gasteiger partial charge in [-0.15, -0.1) is 0 Å². The van der Waals surface area contributed by atoms with E-state index in [0.717, 1.165) is 22.3 Å². The molecule has 0 radical (unpaired) electrons. The van der Waals surface area contributed by atoms with Gasteiger partial charge in [0.25, 0.3) is 0 Å². The quantitative estimate of drug-likeness (QED) is 0.860. The molecule has 0 aliphatic heterocycles. The number of carbonyl (C=O) groups is 1. The minimum absolute atomic E-state index is 0.0407. The molecule has 0 saturated carbocycles. The van der Waals surface area contributed by atoms with Gasteiger partial charge in [-0.1, -0.05) is 60.7 Å². The summed E-state index contributed by atoms with van der Waals surface area (Å²) in [5, 5.41) is 9.31. The number of aliphatic hydroxyl groups is 1. The number of benzene rings is 2. The van der Waals surface area contributed by atoms with Crippen LogP contribution in [0.1, 0.15) is 29.5 Å². The maximum absolute atomic E-state index is 11.7. The smallest absolute Gasteiger partial charge is 0.312 e. The van der Waals surface area contributed by atoms with Gasteiger partial charge in [0.05, 0.1) is 19.6 Å². The molecule has 2 aromatic carbocycles. The van der Waals surface area contributed by atoms with Gasteiger partial charge in [-0.25, -0.2) is 0 Å². The Morgan fingerprint density at radius 1 is 1.14 bits per heavy atom.